The molecule has 6 nitrogen and oxygen atoms in total. The van der Waals surface area contributed by atoms with E-state index in [4.69, 9.17) is 15.8 Å². The first-order valence-electron chi connectivity index (χ1n) is 6.31. The lowest BCUT2D eigenvalue weighted by atomic mass is 10.2. The van der Waals surface area contributed by atoms with Gasteiger partial charge in [0.15, 0.2) is 0 Å². The van der Waals surface area contributed by atoms with E-state index < -0.39 is 15.0 Å². The van der Waals surface area contributed by atoms with Crippen LogP contribution in [0.25, 0.3) is 0 Å². The van der Waals surface area contributed by atoms with Gasteiger partial charge in [0.25, 0.3) is 5.69 Å². The second-order valence-corrected chi connectivity index (χ2v) is 6.35. The van der Waals surface area contributed by atoms with Gasteiger partial charge < -0.3 is 4.18 Å². The van der Waals surface area contributed by atoms with Crippen LogP contribution in [-0.4, -0.2) is 13.3 Å². The highest BCUT2D eigenvalue weighted by Gasteiger charge is 2.18. The van der Waals surface area contributed by atoms with Crippen LogP contribution < -0.4 is 4.18 Å². The van der Waals surface area contributed by atoms with Crippen LogP contribution in [0, 0.1) is 10.1 Å². The molecule has 0 atom stereocenters. The summed E-state index contributed by atoms with van der Waals surface area (Å²) in [5, 5.41) is 11.1. The molecule has 2 aromatic carbocycles. The molecule has 0 aliphatic carbocycles. The lowest BCUT2D eigenvalue weighted by Crippen LogP contribution is -2.10. The van der Waals surface area contributed by atoms with Gasteiger partial charge in [-0.15, -0.1) is 0 Å². The molecule has 0 bridgehead atoms. The molecule has 0 saturated carbocycles. The third kappa shape index (κ3) is 3.55. The van der Waals surface area contributed by atoms with Gasteiger partial charge in [0.05, 0.1) is 4.92 Å². The van der Waals surface area contributed by atoms with Crippen molar-refractivity contribution in [1.29, 1.82) is 0 Å². The molecule has 0 unspecified atom stereocenters. The molecule has 0 aromatic heterocycles. The van der Waals surface area contributed by atoms with Crippen molar-refractivity contribution in [3.63, 3.8) is 0 Å². The van der Waals surface area contributed by atoms with Crippen LogP contribution in [0.4, 0.5) is 5.69 Å². The van der Waals surface area contributed by atoms with Gasteiger partial charge in [-0.3, -0.25) is 10.1 Å². The lowest BCUT2D eigenvalue weighted by molar-refractivity contribution is -0.384. The number of hydrogen-bond acceptors (Lipinski definition) is 5. The minimum atomic E-state index is -4.06. The summed E-state index contributed by atoms with van der Waals surface area (Å²) >= 11 is 5.96. The van der Waals surface area contributed by atoms with Gasteiger partial charge in [-0.2, -0.15) is 8.42 Å². The second kappa shape index (κ2) is 6.33. The quantitative estimate of drug-likeness (QED) is 0.471. The fourth-order valence-corrected chi connectivity index (χ4v) is 2.96. The van der Waals surface area contributed by atoms with Crippen molar-refractivity contribution in [2.24, 2.45) is 0 Å². The molecular weight excluding hydrogens is 330 g/mol. The monoisotopic (exact) mass is 341 g/mol. The Morgan fingerprint density at radius 1 is 1.18 bits per heavy atom. The van der Waals surface area contributed by atoms with Crippen LogP contribution in [-0.2, 0) is 16.5 Å². The average Bonchev–Trinajstić information content (AvgIpc) is 2.49. The van der Waals surface area contributed by atoms with Crippen LogP contribution >= 0.6 is 11.6 Å². The predicted octanol–water partition coefficient (Wildman–Crippen LogP) is 3.58. The molecule has 116 valence electrons. The Labute approximate surface area is 132 Å². The Morgan fingerprint density at radius 3 is 2.36 bits per heavy atom. The number of halogens is 1. The molecule has 0 N–H and O–H groups in total. The third-order valence-electron chi connectivity index (χ3n) is 2.94. The van der Waals surface area contributed by atoms with Crippen molar-refractivity contribution in [3.05, 3.63) is 63.2 Å². The molecule has 22 heavy (non-hydrogen) atoms. The fourth-order valence-electron chi connectivity index (χ4n) is 1.78. The molecule has 0 amide bonds. The summed E-state index contributed by atoms with van der Waals surface area (Å²) in [6.45, 7) is 1.88. The highest BCUT2D eigenvalue weighted by atomic mass is 35.5. The summed E-state index contributed by atoms with van der Waals surface area (Å²) in [6, 6.07) is 9.02. The minimum absolute atomic E-state index is 0.139. The maximum Gasteiger partial charge on any atom is 0.339 e. The van der Waals surface area contributed by atoms with Crippen molar-refractivity contribution >= 4 is 27.4 Å². The topological polar surface area (TPSA) is 86.5 Å². The molecule has 0 heterocycles. The number of hydrogen-bond donors (Lipinski definition) is 0. The summed E-state index contributed by atoms with van der Waals surface area (Å²) in [6.07, 6.45) is 0.633. The molecule has 0 spiro atoms. The van der Waals surface area contributed by atoms with E-state index in [-0.39, 0.29) is 16.3 Å². The van der Waals surface area contributed by atoms with Crippen molar-refractivity contribution in [2.45, 2.75) is 18.2 Å². The molecule has 0 aliphatic heterocycles. The van der Waals surface area contributed by atoms with E-state index in [1.807, 2.05) is 6.92 Å². The SMILES string of the molecule is CCc1cc(OS(=O)(=O)c2ccc([N+](=O)[O-])cc2)ccc1Cl. The molecule has 0 saturated heterocycles. The summed E-state index contributed by atoms with van der Waals surface area (Å²) in [4.78, 5) is 9.80. The van der Waals surface area contributed by atoms with Gasteiger partial charge >= 0.3 is 10.1 Å². The van der Waals surface area contributed by atoms with Crippen LogP contribution in [0.15, 0.2) is 47.4 Å². The molecular formula is C14H12ClNO5S. The van der Waals surface area contributed by atoms with Gasteiger partial charge in [-0.05, 0) is 42.3 Å². The summed E-state index contributed by atoms with van der Waals surface area (Å²) in [7, 11) is -4.06. The first-order valence-corrected chi connectivity index (χ1v) is 8.09. The van der Waals surface area contributed by atoms with E-state index in [0.29, 0.717) is 11.4 Å². The molecule has 2 aromatic rings. The lowest BCUT2D eigenvalue weighted by Gasteiger charge is -2.09. The van der Waals surface area contributed by atoms with E-state index in [1.165, 1.54) is 6.07 Å². The van der Waals surface area contributed by atoms with Crippen molar-refractivity contribution in [1.82, 2.24) is 0 Å². The smallest absolute Gasteiger partial charge is 0.339 e. The first kappa shape index (κ1) is 16.3. The van der Waals surface area contributed by atoms with Gasteiger partial charge in [0, 0.05) is 17.2 Å². The summed E-state index contributed by atoms with van der Waals surface area (Å²) in [5.41, 5.74) is 0.566. The van der Waals surface area contributed by atoms with E-state index in [9.17, 15) is 18.5 Å². The Balaban J connectivity index is 2.29. The number of nitro groups is 1. The van der Waals surface area contributed by atoms with Crippen LogP contribution in [0.1, 0.15) is 12.5 Å². The van der Waals surface area contributed by atoms with Crippen molar-refractivity contribution in [2.75, 3.05) is 0 Å². The molecule has 0 fully saturated rings. The number of non-ortho nitro benzene ring substituents is 1. The maximum absolute atomic E-state index is 12.1. The van der Waals surface area contributed by atoms with Gasteiger partial charge in [-0.25, -0.2) is 0 Å². The van der Waals surface area contributed by atoms with Crippen LogP contribution in [0.2, 0.25) is 5.02 Å². The largest absolute Gasteiger partial charge is 0.379 e. The zero-order chi connectivity index (χ0) is 16.3. The molecule has 2 rings (SSSR count). The summed E-state index contributed by atoms with van der Waals surface area (Å²) < 4.78 is 29.3. The number of nitro benzene ring substituents is 1. The van der Waals surface area contributed by atoms with E-state index in [2.05, 4.69) is 0 Å². The van der Waals surface area contributed by atoms with Crippen molar-refractivity contribution in [3.8, 4) is 5.75 Å². The third-order valence-corrected chi connectivity index (χ3v) is 4.57. The highest BCUT2D eigenvalue weighted by Crippen LogP contribution is 2.25. The molecule has 8 heteroatoms. The second-order valence-electron chi connectivity index (χ2n) is 4.40. The first-order chi connectivity index (χ1) is 10.3. The van der Waals surface area contributed by atoms with Gasteiger partial charge in [0.2, 0.25) is 0 Å². The number of rotatable bonds is 5. The summed E-state index contributed by atoms with van der Waals surface area (Å²) in [5.74, 6) is 0.139. The number of nitrogens with zero attached hydrogens (tertiary/aromatic N) is 1. The maximum atomic E-state index is 12.1. The zero-order valence-electron chi connectivity index (χ0n) is 11.5. The molecule has 0 aliphatic rings. The molecule has 0 radical (unpaired) electrons. The standard InChI is InChI=1S/C14H12ClNO5S/c1-2-10-9-12(5-8-14(10)15)21-22(19,20)13-6-3-11(4-7-13)16(17)18/h3-9H,2H2,1H3. The normalized spacial score (nSPS) is 11.2. The van der Waals surface area contributed by atoms with E-state index >= 15 is 0 Å². The predicted molar refractivity (Wildman–Crippen MR) is 81.7 cm³/mol. The Hall–Kier alpha value is -2.12. The van der Waals surface area contributed by atoms with Crippen LogP contribution in [0.3, 0.4) is 0 Å². The number of benzene rings is 2. The fraction of sp³-hybridized carbons (Fsp3) is 0.143. The zero-order valence-corrected chi connectivity index (χ0v) is 13.1. The van der Waals surface area contributed by atoms with Gasteiger partial charge in [-0.1, -0.05) is 18.5 Å². The van der Waals surface area contributed by atoms with E-state index in [1.54, 1.807) is 12.1 Å². The Bertz CT molecular complexity index is 802. The Morgan fingerprint density at radius 2 is 1.82 bits per heavy atom. The highest BCUT2D eigenvalue weighted by molar-refractivity contribution is 7.87. The number of aryl methyl sites for hydroxylation is 1. The van der Waals surface area contributed by atoms with Crippen molar-refractivity contribution < 1.29 is 17.5 Å². The minimum Gasteiger partial charge on any atom is -0.379 e. The van der Waals surface area contributed by atoms with E-state index in [0.717, 1.165) is 29.8 Å². The average molecular weight is 342 g/mol. The van der Waals surface area contributed by atoms with Gasteiger partial charge in [0.1, 0.15) is 10.6 Å². The van der Waals surface area contributed by atoms with Crippen LogP contribution in [0.5, 0.6) is 5.75 Å². The Kier molecular flexibility index (Phi) is 4.68.